The van der Waals surface area contributed by atoms with Crippen molar-refractivity contribution >= 4 is 11.7 Å². The van der Waals surface area contributed by atoms with Crippen LogP contribution in [0.3, 0.4) is 0 Å². The summed E-state index contributed by atoms with van der Waals surface area (Å²) in [4.78, 5) is 18.5. The van der Waals surface area contributed by atoms with Crippen LogP contribution in [0.4, 0.5) is 27.8 Å². The molecule has 1 fully saturated rings. The number of pyridine rings is 1. The lowest BCUT2D eigenvalue weighted by Crippen LogP contribution is -2.57. The quantitative estimate of drug-likeness (QED) is 0.286. The number of anilines is 1. The molecule has 1 saturated heterocycles. The summed E-state index contributed by atoms with van der Waals surface area (Å²) in [7, 11) is 1.53. The molecule has 196 valence electrons. The third-order valence-corrected chi connectivity index (χ3v) is 5.96. The first-order valence-electron chi connectivity index (χ1n) is 11.2. The Hall–Kier alpha value is -3.35. The summed E-state index contributed by atoms with van der Waals surface area (Å²) in [6, 6.07) is 6.23. The number of aryl methyl sites for hydroxylation is 1. The molecule has 0 aliphatic carbocycles. The van der Waals surface area contributed by atoms with Gasteiger partial charge in [-0.3, -0.25) is 10.2 Å². The lowest BCUT2D eigenvalue weighted by atomic mass is 9.87. The van der Waals surface area contributed by atoms with Crippen LogP contribution < -0.4 is 16.5 Å². The van der Waals surface area contributed by atoms with Gasteiger partial charge in [-0.1, -0.05) is 29.8 Å². The number of halogens is 5. The van der Waals surface area contributed by atoms with Crippen LogP contribution in [-0.4, -0.2) is 47.9 Å². The second-order valence-electron chi connectivity index (χ2n) is 8.82. The van der Waals surface area contributed by atoms with E-state index in [-0.39, 0.29) is 17.9 Å². The van der Waals surface area contributed by atoms with E-state index in [0.717, 1.165) is 22.6 Å². The first kappa shape index (κ1) is 27.2. The Morgan fingerprint density at radius 2 is 2.03 bits per heavy atom. The highest BCUT2D eigenvalue weighted by atomic mass is 19.4. The summed E-state index contributed by atoms with van der Waals surface area (Å²) in [5, 5.41) is 10.4. The molecule has 1 aliphatic heterocycles. The van der Waals surface area contributed by atoms with Crippen molar-refractivity contribution in [1.29, 1.82) is 0 Å². The largest absolute Gasteiger partial charge is 0.417 e. The predicted molar refractivity (Wildman–Crippen MR) is 123 cm³/mol. The third kappa shape index (κ3) is 6.45. The fourth-order valence-electron chi connectivity index (χ4n) is 4.20. The second kappa shape index (κ2) is 10.7. The van der Waals surface area contributed by atoms with Gasteiger partial charge in [0.05, 0.1) is 18.2 Å². The number of aromatic nitrogens is 1. The normalized spacial score (nSPS) is 20.9. The Kier molecular flexibility index (Phi) is 8.12. The minimum Gasteiger partial charge on any atom is -0.368 e. The number of amides is 1. The number of nitrogens with one attached hydrogen (secondary N) is 2. The van der Waals surface area contributed by atoms with Gasteiger partial charge in [0.15, 0.2) is 0 Å². The van der Waals surface area contributed by atoms with E-state index in [4.69, 9.17) is 5.73 Å². The molecule has 13 heteroatoms. The van der Waals surface area contributed by atoms with Gasteiger partial charge in [0, 0.05) is 37.3 Å². The van der Waals surface area contributed by atoms with E-state index in [1.165, 1.54) is 7.05 Å². The Morgan fingerprint density at radius 1 is 1.31 bits per heavy atom. The summed E-state index contributed by atoms with van der Waals surface area (Å²) in [5.41, 5.74) is 8.80. The van der Waals surface area contributed by atoms with Crippen molar-refractivity contribution < 1.29 is 26.7 Å². The van der Waals surface area contributed by atoms with Crippen LogP contribution in [0, 0.1) is 12.8 Å². The Balaban J connectivity index is 1.89. The van der Waals surface area contributed by atoms with Gasteiger partial charge in [-0.05, 0) is 31.0 Å². The number of hydrogen-bond acceptors (Lipinski definition) is 6. The molecule has 2 aromatic rings. The summed E-state index contributed by atoms with van der Waals surface area (Å²) < 4.78 is 67.6. The number of likely N-dealkylation sites (tertiary alicyclic amines) is 1. The zero-order chi connectivity index (χ0) is 26.7. The van der Waals surface area contributed by atoms with Crippen molar-refractivity contribution in [3.8, 4) is 0 Å². The highest BCUT2D eigenvalue weighted by molar-refractivity contribution is 5.96. The SMILES string of the molecule is CN/N=N\C(N)c1ccc(C)cc1C(=O)N1CC(F)(F)C[C@@H](C)C1CNc1ccc(C(F)(F)F)cn1. The van der Waals surface area contributed by atoms with Crippen molar-refractivity contribution in [2.75, 3.05) is 25.5 Å². The molecule has 1 amide bonds. The summed E-state index contributed by atoms with van der Waals surface area (Å²) in [5.74, 6) is -4.26. The number of piperidine rings is 1. The zero-order valence-electron chi connectivity index (χ0n) is 20.0. The van der Waals surface area contributed by atoms with E-state index >= 15 is 0 Å². The molecule has 1 aliphatic rings. The van der Waals surface area contributed by atoms with Crippen LogP contribution >= 0.6 is 0 Å². The Labute approximate surface area is 205 Å². The molecule has 0 radical (unpaired) electrons. The standard InChI is InChI=1S/C23H28F5N7O/c1-13-4-6-16(20(29)33-34-30-3)17(8-13)21(36)35-12-22(24,25)9-14(2)18(35)11-32-19-7-5-15(10-31-19)23(26,27)28/h4-8,10,14,18,20H,9,11-12,29H2,1-3H3,(H,30,33)(H,31,32)/t14-,18?,20?/m1/s1. The van der Waals surface area contributed by atoms with Gasteiger partial charge in [0.25, 0.3) is 11.8 Å². The average Bonchev–Trinajstić information content (AvgIpc) is 2.80. The van der Waals surface area contributed by atoms with E-state index in [2.05, 4.69) is 26.1 Å². The Morgan fingerprint density at radius 3 is 2.64 bits per heavy atom. The molecule has 8 nitrogen and oxygen atoms in total. The van der Waals surface area contributed by atoms with Crippen LogP contribution in [-0.2, 0) is 6.18 Å². The monoisotopic (exact) mass is 513 g/mol. The lowest BCUT2D eigenvalue weighted by Gasteiger charge is -2.43. The highest BCUT2D eigenvalue weighted by Gasteiger charge is 2.46. The van der Waals surface area contributed by atoms with E-state index < -0.39 is 54.7 Å². The molecule has 2 heterocycles. The van der Waals surface area contributed by atoms with Gasteiger partial charge in [0.2, 0.25) is 0 Å². The third-order valence-electron chi connectivity index (χ3n) is 5.96. The number of rotatable bonds is 7. The van der Waals surface area contributed by atoms with E-state index in [1.807, 2.05) is 0 Å². The van der Waals surface area contributed by atoms with Crippen LogP contribution in [0.25, 0.3) is 0 Å². The highest BCUT2D eigenvalue weighted by Crippen LogP contribution is 2.36. The molecule has 4 N–H and O–H groups in total. The smallest absolute Gasteiger partial charge is 0.368 e. The van der Waals surface area contributed by atoms with Crippen molar-refractivity contribution in [2.24, 2.45) is 22.0 Å². The minimum absolute atomic E-state index is 0.00795. The van der Waals surface area contributed by atoms with Crippen molar-refractivity contribution in [3.63, 3.8) is 0 Å². The molecular weight excluding hydrogens is 485 g/mol. The first-order valence-corrected chi connectivity index (χ1v) is 11.2. The first-order chi connectivity index (χ1) is 16.8. The van der Waals surface area contributed by atoms with E-state index in [1.54, 1.807) is 32.0 Å². The number of nitrogens with two attached hydrogens (primary N) is 1. The number of hydrogen-bond donors (Lipinski definition) is 3. The predicted octanol–water partition coefficient (Wildman–Crippen LogP) is 4.55. The summed E-state index contributed by atoms with van der Waals surface area (Å²) in [6.07, 6.45) is -5.30. The van der Waals surface area contributed by atoms with Gasteiger partial charge in [0.1, 0.15) is 12.0 Å². The van der Waals surface area contributed by atoms with Gasteiger partial charge < -0.3 is 16.0 Å². The lowest BCUT2D eigenvalue weighted by molar-refractivity contribution is -0.137. The number of benzene rings is 1. The van der Waals surface area contributed by atoms with Crippen molar-refractivity contribution in [2.45, 2.75) is 44.6 Å². The minimum atomic E-state index is -4.53. The topological polar surface area (TPSA) is 108 Å². The van der Waals surface area contributed by atoms with Crippen LogP contribution in [0.5, 0.6) is 0 Å². The van der Waals surface area contributed by atoms with Crippen LogP contribution in [0.2, 0.25) is 0 Å². The van der Waals surface area contributed by atoms with Crippen molar-refractivity contribution in [3.05, 3.63) is 58.8 Å². The summed E-state index contributed by atoms with van der Waals surface area (Å²) in [6.45, 7) is 2.55. The van der Waals surface area contributed by atoms with Gasteiger partial charge in [-0.2, -0.15) is 13.2 Å². The van der Waals surface area contributed by atoms with Crippen LogP contribution in [0.15, 0.2) is 46.9 Å². The maximum Gasteiger partial charge on any atom is 0.417 e. The number of nitrogens with zero attached hydrogens (tertiary/aromatic N) is 4. The van der Waals surface area contributed by atoms with Gasteiger partial charge in [-0.25, -0.2) is 13.8 Å². The van der Waals surface area contributed by atoms with E-state index in [9.17, 15) is 26.7 Å². The molecular formula is C23H28F5N7O. The average molecular weight is 514 g/mol. The number of carbonyl (C=O) groups is 1. The second-order valence-corrected chi connectivity index (χ2v) is 8.82. The molecule has 3 atom stereocenters. The Bertz CT molecular complexity index is 1090. The zero-order valence-corrected chi connectivity index (χ0v) is 20.0. The molecule has 0 spiro atoms. The summed E-state index contributed by atoms with van der Waals surface area (Å²) >= 11 is 0. The van der Waals surface area contributed by atoms with Crippen molar-refractivity contribution in [1.82, 2.24) is 15.3 Å². The number of carbonyl (C=O) groups excluding carboxylic acids is 1. The molecule has 36 heavy (non-hydrogen) atoms. The molecule has 1 aromatic heterocycles. The fraction of sp³-hybridized carbons (Fsp3) is 0.478. The molecule has 1 aromatic carbocycles. The van der Waals surface area contributed by atoms with Gasteiger partial charge in [-0.15, -0.1) is 5.11 Å². The molecule has 0 saturated carbocycles. The van der Waals surface area contributed by atoms with E-state index in [0.29, 0.717) is 11.8 Å². The maximum absolute atomic E-state index is 14.6. The molecule has 0 bridgehead atoms. The number of alkyl halides is 5. The maximum atomic E-state index is 14.6. The van der Waals surface area contributed by atoms with Crippen LogP contribution in [0.1, 0.15) is 46.6 Å². The fourth-order valence-corrected chi connectivity index (χ4v) is 4.20. The molecule has 3 rings (SSSR count). The van der Waals surface area contributed by atoms with Gasteiger partial charge >= 0.3 is 6.18 Å². The molecule has 2 unspecified atom stereocenters.